The molecule has 9 rings (SSSR count). The van der Waals surface area contributed by atoms with Crippen molar-refractivity contribution in [3.63, 3.8) is 0 Å². The molecule has 0 spiro atoms. The van der Waals surface area contributed by atoms with Crippen LogP contribution in [-0.2, 0) is 0 Å². The summed E-state index contributed by atoms with van der Waals surface area (Å²) in [5.74, 6) is 1.95. The van der Waals surface area contributed by atoms with E-state index in [9.17, 15) is 0 Å². The fraction of sp³-hybridized carbons (Fsp3) is 0. The van der Waals surface area contributed by atoms with Crippen LogP contribution < -0.4 is 0 Å². The summed E-state index contributed by atoms with van der Waals surface area (Å²) in [6, 6.07) is 50.3. The van der Waals surface area contributed by atoms with Crippen molar-refractivity contribution in [2.24, 2.45) is 0 Å². The summed E-state index contributed by atoms with van der Waals surface area (Å²) >= 11 is 3.52. The van der Waals surface area contributed by atoms with Crippen LogP contribution >= 0.6 is 22.7 Å². The molecule has 0 amide bonds. The van der Waals surface area contributed by atoms with Crippen molar-refractivity contribution >= 4 is 53.1 Å². The molecule has 0 fully saturated rings. The van der Waals surface area contributed by atoms with E-state index in [1.807, 2.05) is 42.5 Å². The van der Waals surface area contributed by atoms with Crippen molar-refractivity contribution in [1.82, 2.24) is 19.9 Å². The molecule has 0 atom stereocenters. The monoisotopic (exact) mass is 624 g/mol. The number of nitrogens with zero attached hydrogens (tertiary/aromatic N) is 4. The molecule has 0 bridgehead atoms. The maximum atomic E-state index is 5.14. The van der Waals surface area contributed by atoms with Crippen LogP contribution in [0.1, 0.15) is 0 Å². The van der Waals surface area contributed by atoms with E-state index in [0.717, 1.165) is 43.7 Å². The van der Waals surface area contributed by atoms with Gasteiger partial charge in [0.25, 0.3) is 0 Å². The van der Waals surface area contributed by atoms with Crippen molar-refractivity contribution < 1.29 is 0 Å². The number of fused-ring (bicyclic) bond motifs is 4. The predicted molar refractivity (Wildman–Crippen MR) is 193 cm³/mol. The van der Waals surface area contributed by atoms with E-state index in [1.165, 1.54) is 25.0 Å². The molecule has 3 heterocycles. The minimum Gasteiger partial charge on any atom is -0.236 e. The van der Waals surface area contributed by atoms with Gasteiger partial charge in [-0.05, 0) is 35.4 Å². The summed E-state index contributed by atoms with van der Waals surface area (Å²) < 4.78 is 3.59. The average molecular weight is 625 g/mol. The molecular weight excluding hydrogens is 601 g/mol. The second kappa shape index (κ2) is 11.1. The van der Waals surface area contributed by atoms with E-state index in [-0.39, 0.29) is 0 Å². The Hall–Kier alpha value is -5.56. The Morgan fingerprint density at radius 3 is 1.52 bits per heavy atom. The van der Waals surface area contributed by atoms with E-state index < -0.39 is 0 Å². The van der Waals surface area contributed by atoms with E-state index >= 15 is 0 Å². The first-order valence-corrected chi connectivity index (χ1v) is 16.7. The van der Waals surface area contributed by atoms with Gasteiger partial charge in [-0.2, -0.15) is 0 Å². The van der Waals surface area contributed by atoms with Crippen molar-refractivity contribution in [2.45, 2.75) is 0 Å². The van der Waals surface area contributed by atoms with Crippen molar-refractivity contribution in [1.29, 1.82) is 0 Å². The molecular formula is C40H24N4S2. The lowest BCUT2D eigenvalue weighted by atomic mass is 10.0. The second-order valence-electron chi connectivity index (χ2n) is 11.1. The number of aromatic nitrogens is 4. The van der Waals surface area contributed by atoms with Gasteiger partial charge in [0.2, 0.25) is 0 Å². The first-order chi connectivity index (χ1) is 22.8. The molecule has 4 nitrogen and oxygen atoms in total. The first kappa shape index (κ1) is 26.8. The molecule has 46 heavy (non-hydrogen) atoms. The highest BCUT2D eigenvalue weighted by Gasteiger charge is 2.20. The largest absolute Gasteiger partial charge is 0.236 e. The summed E-state index contributed by atoms with van der Waals surface area (Å²) in [6.07, 6.45) is 0. The molecule has 9 aromatic rings. The Balaban J connectivity index is 1.26. The lowest BCUT2D eigenvalue weighted by molar-refractivity contribution is 1.08. The zero-order valence-electron chi connectivity index (χ0n) is 24.5. The highest BCUT2D eigenvalue weighted by molar-refractivity contribution is 7.26. The van der Waals surface area contributed by atoms with Crippen LogP contribution in [0.3, 0.4) is 0 Å². The standard InChI is InChI=1S/C40H24N4S2/c1-3-11-25(12-4-1)26-21-23-28(24-22-26)38-42-37(27-13-5-2-6-14-27)43-39(44-38)29-15-9-19-33-35(29)36-30(16-10-20-34(36)45-33)40-41-31-17-7-8-18-32(31)46-40/h1-24H. The number of thiophene rings is 1. The van der Waals surface area contributed by atoms with Crippen LogP contribution in [0.15, 0.2) is 146 Å². The van der Waals surface area contributed by atoms with E-state index in [2.05, 4.69) is 103 Å². The van der Waals surface area contributed by atoms with Crippen LogP contribution in [0.25, 0.3) is 86.3 Å². The van der Waals surface area contributed by atoms with Gasteiger partial charge in [-0.25, -0.2) is 19.9 Å². The van der Waals surface area contributed by atoms with Crippen molar-refractivity contribution in [2.75, 3.05) is 0 Å². The molecule has 0 radical (unpaired) electrons. The summed E-state index contributed by atoms with van der Waals surface area (Å²) in [6.45, 7) is 0. The Morgan fingerprint density at radius 2 is 0.826 bits per heavy atom. The van der Waals surface area contributed by atoms with Crippen LogP contribution in [0.5, 0.6) is 0 Å². The molecule has 0 saturated heterocycles. The molecule has 0 aliphatic carbocycles. The third-order valence-electron chi connectivity index (χ3n) is 8.21. The third kappa shape index (κ3) is 4.67. The molecule has 6 heteroatoms. The highest BCUT2D eigenvalue weighted by Crippen LogP contribution is 2.45. The maximum absolute atomic E-state index is 5.14. The number of thiazole rings is 1. The van der Waals surface area contributed by atoms with Gasteiger partial charge in [-0.3, -0.25) is 0 Å². The van der Waals surface area contributed by atoms with E-state index in [4.69, 9.17) is 19.9 Å². The van der Waals surface area contributed by atoms with Gasteiger partial charge < -0.3 is 0 Å². The summed E-state index contributed by atoms with van der Waals surface area (Å²) in [7, 11) is 0. The van der Waals surface area contributed by atoms with Gasteiger partial charge in [-0.15, -0.1) is 22.7 Å². The number of rotatable bonds is 5. The SMILES string of the molecule is c1ccc(-c2ccc(-c3nc(-c4ccccc4)nc(-c4cccc5sc6cccc(-c7nc8ccccc8s7)c6c45)n3)cc2)cc1. The fourth-order valence-corrected chi connectivity index (χ4v) is 8.16. The van der Waals surface area contributed by atoms with Gasteiger partial charge in [0.1, 0.15) is 5.01 Å². The quantitative estimate of drug-likeness (QED) is 0.191. The van der Waals surface area contributed by atoms with Gasteiger partial charge in [0, 0.05) is 42.4 Å². The molecule has 0 aliphatic rings. The Labute approximate surface area is 273 Å². The Morgan fingerprint density at radius 1 is 0.326 bits per heavy atom. The summed E-state index contributed by atoms with van der Waals surface area (Å²) in [4.78, 5) is 20.3. The van der Waals surface area contributed by atoms with Crippen LogP contribution in [0.4, 0.5) is 0 Å². The molecule has 0 unspecified atom stereocenters. The van der Waals surface area contributed by atoms with Gasteiger partial charge >= 0.3 is 0 Å². The predicted octanol–water partition coefficient (Wildman–Crippen LogP) is 11.2. The Kier molecular flexibility index (Phi) is 6.47. The van der Waals surface area contributed by atoms with Gasteiger partial charge in [0.15, 0.2) is 17.5 Å². The number of hydrogen-bond acceptors (Lipinski definition) is 6. The minimum atomic E-state index is 0.645. The second-order valence-corrected chi connectivity index (χ2v) is 13.2. The number of para-hydroxylation sites is 1. The lowest BCUT2D eigenvalue weighted by Gasteiger charge is -2.10. The normalized spacial score (nSPS) is 11.5. The van der Waals surface area contributed by atoms with E-state index in [1.54, 1.807) is 22.7 Å². The lowest BCUT2D eigenvalue weighted by Crippen LogP contribution is -2.00. The smallest absolute Gasteiger partial charge is 0.164 e. The zero-order chi connectivity index (χ0) is 30.5. The molecule has 0 aliphatic heterocycles. The fourth-order valence-electron chi connectivity index (χ4n) is 6.00. The van der Waals surface area contributed by atoms with Gasteiger partial charge in [0.05, 0.1) is 10.2 Å². The first-order valence-electron chi connectivity index (χ1n) is 15.1. The van der Waals surface area contributed by atoms with E-state index in [0.29, 0.717) is 17.5 Å². The van der Waals surface area contributed by atoms with Crippen LogP contribution in [-0.4, -0.2) is 19.9 Å². The minimum absolute atomic E-state index is 0.645. The molecule has 0 N–H and O–H groups in total. The third-order valence-corrected chi connectivity index (χ3v) is 10.4. The molecule has 6 aromatic carbocycles. The summed E-state index contributed by atoms with van der Waals surface area (Å²) in [5, 5.41) is 3.35. The van der Waals surface area contributed by atoms with Crippen LogP contribution in [0.2, 0.25) is 0 Å². The van der Waals surface area contributed by atoms with Crippen molar-refractivity contribution in [3.8, 4) is 55.9 Å². The number of hydrogen-bond donors (Lipinski definition) is 0. The number of benzene rings is 6. The molecule has 3 aromatic heterocycles. The highest BCUT2D eigenvalue weighted by atomic mass is 32.1. The zero-order valence-corrected chi connectivity index (χ0v) is 26.1. The molecule has 0 saturated carbocycles. The maximum Gasteiger partial charge on any atom is 0.164 e. The van der Waals surface area contributed by atoms with Crippen molar-refractivity contribution in [3.05, 3.63) is 146 Å². The Bertz CT molecular complexity index is 2490. The topological polar surface area (TPSA) is 51.6 Å². The average Bonchev–Trinajstić information content (AvgIpc) is 3.74. The molecule has 216 valence electrons. The van der Waals surface area contributed by atoms with Gasteiger partial charge in [-0.1, -0.05) is 121 Å². The summed E-state index contributed by atoms with van der Waals surface area (Å²) in [5.41, 5.74) is 7.36. The van der Waals surface area contributed by atoms with Crippen LogP contribution in [0, 0.1) is 0 Å².